The van der Waals surface area contributed by atoms with E-state index in [9.17, 15) is 8.42 Å². The van der Waals surface area contributed by atoms with Crippen molar-refractivity contribution < 1.29 is 8.42 Å². The standard InChI is InChI=1S/C13H22N4O2S/c1-10-7-12(14-2)8-13(15-10)11-5-6-17(9-11)20(18,19)16(3)4/h7-8,11H,5-6,9H2,1-4H3,(H,14,15). The first-order chi connectivity index (χ1) is 9.34. The molecule has 0 bridgehead atoms. The lowest BCUT2D eigenvalue weighted by molar-refractivity contribution is 0.418. The van der Waals surface area contributed by atoms with Gasteiger partial charge < -0.3 is 5.32 Å². The number of hydrogen-bond acceptors (Lipinski definition) is 4. The highest BCUT2D eigenvalue weighted by Crippen LogP contribution is 2.29. The van der Waals surface area contributed by atoms with Crippen molar-refractivity contribution >= 4 is 15.9 Å². The molecule has 0 radical (unpaired) electrons. The first kappa shape index (κ1) is 15.2. The average Bonchev–Trinajstić information content (AvgIpc) is 2.87. The average molecular weight is 298 g/mol. The summed E-state index contributed by atoms with van der Waals surface area (Å²) in [5.74, 6) is 0.164. The van der Waals surface area contributed by atoms with Crippen molar-refractivity contribution in [3.63, 3.8) is 0 Å². The van der Waals surface area contributed by atoms with Crippen LogP contribution in [0.15, 0.2) is 12.1 Å². The fourth-order valence-electron chi connectivity index (χ4n) is 2.46. The van der Waals surface area contributed by atoms with E-state index in [-0.39, 0.29) is 5.92 Å². The highest BCUT2D eigenvalue weighted by molar-refractivity contribution is 7.86. The van der Waals surface area contributed by atoms with Gasteiger partial charge in [0.2, 0.25) is 0 Å². The van der Waals surface area contributed by atoms with Crippen molar-refractivity contribution in [1.82, 2.24) is 13.6 Å². The van der Waals surface area contributed by atoms with Crippen molar-refractivity contribution in [2.24, 2.45) is 0 Å². The van der Waals surface area contributed by atoms with Gasteiger partial charge in [-0.2, -0.15) is 17.0 Å². The maximum Gasteiger partial charge on any atom is 0.281 e. The highest BCUT2D eigenvalue weighted by Gasteiger charge is 2.34. The molecular formula is C13H22N4O2S. The summed E-state index contributed by atoms with van der Waals surface area (Å²) in [4.78, 5) is 4.55. The molecule has 1 aliphatic heterocycles. The zero-order valence-corrected chi connectivity index (χ0v) is 13.2. The molecule has 20 heavy (non-hydrogen) atoms. The minimum absolute atomic E-state index is 0.164. The number of aryl methyl sites for hydroxylation is 1. The van der Waals surface area contributed by atoms with Gasteiger partial charge in [-0.3, -0.25) is 4.98 Å². The number of nitrogens with zero attached hydrogens (tertiary/aromatic N) is 3. The Morgan fingerprint density at radius 3 is 2.70 bits per heavy atom. The van der Waals surface area contributed by atoms with Crippen LogP contribution in [0, 0.1) is 6.92 Å². The molecule has 0 saturated carbocycles. The van der Waals surface area contributed by atoms with Crippen molar-refractivity contribution in [1.29, 1.82) is 0 Å². The molecule has 1 aliphatic rings. The first-order valence-electron chi connectivity index (χ1n) is 6.68. The van der Waals surface area contributed by atoms with Crippen LogP contribution in [0.3, 0.4) is 0 Å². The van der Waals surface area contributed by atoms with E-state index in [2.05, 4.69) is 10.3 Å². The quantitative estimate of drug-likeness (QED) is 0.901. The summed E-state index contributed by atoms with van der Waals surface area (Å²) in [5, 5.41) is 3.11. The summed E-state index contributed by atoms with van der Waals surface area (Å²) < 4.78 is 27.0. The predicted octanol–water partition coefficient (Wildman–Crippen LogP) is 1.03. The van der Waals surface area contributed by atoms with Crippen LogP contribution in [-0.2, 0) is 10.2 Å². The SMILES string of the molecule is CNc1cc(C)nc(C2CCN(S(=O)(=O)N(C)C)C2)c1. The third-order valence-electron chi connectivity index (χ3n) is 3.62. The lowest BCUT2D eigenvalue weighted by Gasteiger charge is -2.21. The van der Waals surface area contributed by atoms with Gasteiger partial charge in [-0.05, 0) is 25.5 Å². The van der Waals surface area contributed by atoms with Crippen LogP contribution in [-0.4, -0.2) is 56.2 Å². The van der Waals surface area contributed by atoms with E-state index in [4.69, 9.17) is 0 Å². The van der Waals surface area contributed by atoms with Gasteiger partial charge in [0, 0.05) is 57.2 Å². The Labute approximate surface area is 121 Å². The maximum atomic E-state index is 12.1. The number of pyridine rings is 1. The minimum Gasteiger partial charge on any atom is -0.388 e. The molecule has 1 saturated heterocycles. The maximum absolute atomic E-state index is 12.1. The number of anilines is 1. The lowest BCUT2D eigenvalue weighted by Crippen LogP contribution is -2.38. The lowest BCUT2D eigenvalue weighted by atomic mass is 10.0. The molecule has 1 fully saturated rings. The van der Waals surface area contributed by atoms with Crippen LogP contribution in [0.1, 0.15) is 23.7 Å². The number of rotatable bonds is 4. The Morgan fingerprint density at radius 1 is 1.40 bits per heavy atom. The largest absolute Gasteiger partial charge is 0.388 e. The Bertz CT molecular complexity index is 586. The second-order valence-electron chi connectivity index (χ2n) is 5.31. The number of nitrogens with one attached hydrogen (secondary N) is 1. The number of hydrogen-bond donors (Lipinski definition) is 1. The second-order valence-corrected chi connectivity index (χ2v) is 7.45. The van der Waals surface area contributed by atoms with Gasteiger partial charge in [-0.15, -0.1) is 0 Å². The molecule has 1 N–H and O–H groups in total. The van der Waals surface area contributed by atoms with E-state index in [1.165, 1.54) is 8.61 Å². The molecule has 2 rings (SSSR count). The van der Waals surface area contributed by atoms with Crippen LogP contribution in [0.5, 0.6) is 0 Å². The Hall–Kier alpha value is -1.18. The van der Waals surface area contributed by atoms with Crippen molar-refractivity contribution in [2.75, 3.05) is 39.5 Å². The van der Waals surface area contributed by atoms with Crippen LogP contribution in [0.25, 0.3) is 0 Å². The molecule has 0 spiro atoms. The summed E-state index contributed by atoms with van der Waals surface area (Å²) in [6.07, 6.45) is 0.812. The predicted molar refractivity (Wildman–Crippen MR) is 80.1 cm³/mol. The molecule has 112 valence electrons. The summed E-state index contributed by atoms with van der Waals surface area (Å²) in [5.41, 5.74) is 2.92. The summed E-state index contributed by atoms with van der Waals surface area (Å²) in [7, 11) is 1.68. The highest BCUT2D eigenvalue weighted by atomic mass is 32.2. The van der Waals surface area contributed by atoms with Gasteiger partial charge in [-0.25, -0.2) is 0 Å². The van der Waals surface area contributed by atoms with Crippen LogP contribution in [0.2, 0.25) is 0 Å². The summed E-state index contributed by atoms with van der Waals surface area (Å²) in [6.45, 7) is 3.00. The molecular weight excluding hydrogens is 276 g/mol. The second kappa shape index (κ2) is 5.67. The molecule has 6 nitrogen and oxygen atoms in total. The smallest absolute Gasteiger partial charge is 0.281 e. The first-order valence-corrected chi connectivity index (χ1v) is 8.08. The Morgan fingerprint density at radius 2 is 2.10 bits per heavy atom. The third-order valence-corrected chi connectivity index (χ3v) is 5.53. The Balaban J connectivity index is 2.20. The monoisotopic (exact) mass is 298 g/mol. The molecule has 0 aliphatic carbocycles. The molecule has 1 unspecified atom stereocenters. The van der Waals surface area contributed by atoms with Crippen LogP contribution < -0.4 is 5.32 Å². The molecule has 7 heteroatoms. The van der Waals surface area contributed by atoms with Crippen LogP contribution >= 0.6 is 0 Å². The fraction of sp³-hybridized carbons (Fsp3) is 0.615. The van der Waals surface area contributed by atoms with Crippen molar-refractivity contribution in [3.05, 3.63) is 23.5 Å². The molecule has 1 aromatic heterocycles. The van der Waals surface area contributed by atoms with Gasteiger partial charge in [0.1, 0.15) is 0 Å². The van der Waals surface area contributed by atoms with Gasteiger partial charge in [0.05, 0.1) is 0 Å². The molecule has 1 aromatic rings. The topological polar surface area (TPSA) is 65.5 Å². The fourth-order valence-corrected chi connectivity index (χ4v) is 3.62. The van der Waals surface area contributed by atoms with Gasteiger partial charge in [-0.1, -0.05) is 0 Å². The van der Waals surface area contributed by atoms with Gasteiger partial charge >= 0.3 is 0 Å². The normalized spacial score (nSPS) is 20.6. The van der Waals surface area contributed by atoms with E-state index in [0.29, 0.717) is 13.1 Å². The zero-order valence-electron chi connectivity index (χ0n) is 12.4. The molecule has 0 aromatic carbocycles. The number of aromatic nitrogens is 1. The van der Waals surface area contributed by atoms with Gasteiger partial charge in [0.15, 0.2) is 0 Å². The summed E-state index contributed by atoms with van der Waals surface area (Å²) >= 11 is 0. The molecule has 0 amide bonds. The zero-order chi connectivity index (χ0) is 14.9. The van der Waals surface area contributed by atoms with Crippen molar-refractivity contribution in [2.45, 2.75) is 19.3 Å². The molecule has 1 atom stereocenters. The van der Waals surface area contributed by atoms with E-state index in [1.807, 2.05) is 26.1 Å². The van der Waals surface area contributed by atoms with Crippen LogP contribution in [0.4, 0.5) is 5.69 Å². The van der Waals surface area contributed by atoms with Gasteiger partial charge in [0.25, 0.3) is 10.2 Å². The van der Waals surface area contributed by atoms with E-state index < -0.39 is 10.2 Å². The Kier molecular flexibility index (Phi) is 4.31. The van der Waals surface area contributed by atoms with E-state index in [1.54, 1.807) is 14.1 Å². The van der Waals surface area contributed by atoms with E-state index in [0.717, 1.165) is 23.5 Å². The third kappa shape index (κ3) is 2.94. The minimum atomic E-state index is -3.32. The summed E-state index contributed by atoms with van der Waals surface area (Å²) in [6, 6.07) is 3.98. The van der Waals surface area contributed by atoms with E-state index >= 15 is 0 Å². The van der Waals surface area contributed by atoms with Crippen molar-refractivity contribution in [3.8, 4) is 0 Å². The molecule has 2 heterocycles.